The minimum Gasteiger partial charge on any atom is -0.436 e. The van der Waals surface area contributed by atoms with E-state index in [4.69, 9.17) is 10.5 Å². The van der Waals surface area contributed by atoms with E-state index in [-0.39, 0.29) is 0 Å². The molecule has 4 nitrogen and oxygen atoms in total. The van der Waals surface area contributed by atoms with Gasteiger partial charge in [0.05, 0.1) is 0 Å². The van der Waals surface area contributed by atoms with E-state index in [1.807, 2.05) is 30.5 Å². The first-order chi connectivity index (χ1) is 7.79. The monoisotopic (exact) mass is 233 g/mol. The van der Waals surface area contributed by atoms with Crippen molar-refractivity contribution in [1.29, 1.82) is 0 Å². The smallest absolute Gasteiger partial charge is 0.239 e. The second-order valence-electron chi connectivity index (χ2n) is 3.05. The SMILES string of the molecule is CSc1ccccc1Oc1ccc(N)nn1. The fourth-order valence-electron chi connectivity index (χ4n) is 1.20. The van der Waals surface area contributed by atoms with Gasteiger partial charge in [0.1, 0.15) is 11.6 Å². The van der Waals surface area contributed by atoms with E-state index in [2.05, 4.69) is 10.2 Å². The highest BCUT2D eigenvalue weighted by atomic mass is 32.2. The molecule has 0 amide bonds. The molecule has 0 saturated heterocycles. The lowest BCUT2D eigenvalue weighted by Crippen LogP contribution is -1.95. The van der Waals surface area contributed by atoms with Gasteiger partial charge in [-0.1, -0.05) is 12.1 Å². The van der Waals surface area contributed by atoms with Gasteiger partial charge in [-0.15, -0.1) is 22.0 Å². The van der Waals surface area contributed by atoms with Crippen molar-refractivity contribution >= 4 is 17.6 Å². The third-order valence-corrected chi connectivity index (χ3v) is 2.72. The number of nitrogen functional groups attached to an aromatic ring is 1. The van der Waals surface area contributed by atoms with Crippen LogP contribution in [0.2, 0.25) is 0 Å². The lowest BCUT2D eigenvalue weighted by Gasteiger charge is -2.07. The average molecular weight is 233 g/mol. The lowest BCUT2D eigenvalue weighted by atomic mass is 10.3. The number of anilines is 1. The normalized spacial score (nSPS) is 10.1. The third kappa shape index (κ3) is 2.43. The van der Waals surface area contributed by atoms with Gasteiger partial charge >= 0.3 is 0 Å². The van der Waals surface area contributed by atoms with Crippen molar-refractivity contribution in [2.75, 3.05) is 12.0 Å². The number of nitrogens with zero attached hydrogens (tertiary/aromatic N) is 2. The Bertz CT molecular complexity index is 473. The molecule has 1 aromatic heterocycles. The van der Waals surface area contributed by atoms with Crippen molar-refractivity contribution in [3.05, 3.63) is 36.4 Å². The van der Waals surface area contributed by atoms with E-state index in [0.29, 0.717) is 11.7 Å². The molecule has 0 radical (unpaired) electrons. The maximum absolute atomic E-state index is 5.61. The zero-order chi connectivity index (χ0) is 11.4. The highest BCUT2D eigenvalue weighted by Crippen LogP contribution is 2.30. The van der Waals surface area contributed by atoms with Crippen molar-refractivity contribution < 1.29 is 4.74 Å². The van der Waals surface area contributed by atoms with E-state index in [0.717, 1.165) is 10.6 Å². The maximum Gasteiger partial charge on any atom is 0.239 e. The summed E-state index contributed by atoms with van der Waals surface area (Å²) in [5, 5.41) is 7.57. The summed E-state index contributed by atoms with van der Waals surface area (Å²) in [6, 6.07) is 11.1. The molecule has 1 heterocycles. The summed E-state index contributed by atoms with van der Waals surface area (Å²) in [5.41, 5.74) is 5.44. The predicted molar refractivity (Wildman–Crippen MR) is 64.7 cm³/mol. The van der Waals surface area contributed by atoms with Crippen molar-refractivity contribution in [2.24, 2.45) is 0 Å². The summed E-state index contributed by atoms with van der Waals surface area (Å²) in [7, 11) is 0. The number of aromatic nitrogens is 2. The second-order valence-corrected chi connectivity index (χ2v) is 3.90. The quantitative estimate of drug-likeness (QED) is 0.825. The molecule has 5 heteroatoms. The fourth-order valence-corrected chi connectivity index (χ4v) is 1.73. The number of rotatable bonds is 3. The molecule has 0 saturated carbocycles. The standard InChI is InChI=1S/C11H11N3OS/c1-16-9-5-3-2-4-8(9)15-11-7-6-10(12)13-14-11/h2-7H,1H3,(H2,12,13). The number of hydrogen-bond donors (Lipinski definition) is 1. The summed E-state index contributed by atoms with van der Waals surface area (Å²) in [4.78, 5) is 1.06. The van der Waals surface area contributed by atoms with E-state index < -0.39 is 0 Å². The Kier molecular flexibility index (Phi) is 3.26. The largest absolute Gasteiger partial charge is 0.436 e. The Balaban J connectivity index is 2.23. The van der Waals surface area contributed by atoms with Gasteiger partial charge in [0.15, 0.2) is 0 Å². The van der Waals surface area contributed by atoms with Crippen LogP contribution in [0.3, 0.4) is 0 Å². The average Bonchev–Trinajstić information content (AvgIpc) is 2.33. The molecule has 0 spiro atoms. The highest BCUT2D eigenvalue weighted by Gasteiger charge is 2.04. The molecule has 1 aromatic carbocycles. The van der Waals surface area contributed by atoms with Gasteiger partial charge in [0, 0.05) is 11.0 Å². The van der Waals surface area contributed by atoms with Crippen LogP contribution in [0.1, 0.15) is 0 Å². The van der Waals surface area contributed by atoms with Crippen molar-refractivity contribution in [2.45, 2.75) is 4.90 Å². The van der Waals surface area contributed by atoms with Crippen LogP contribution in [0.15, 0.2) is 41.3 Å². The number of benzene rings is 1. The summed E-state index contributed by atoms with van der Waals surface area (Å²) in [6.45, 7) is 0. The van der Waals surface area contributed by atoms with Crippen molar-refractivity contribution in [1.82, 2.24) is 10.2 Å². The first-order valence-corrected chi connectivity index (χ1v) is 5.92. The Labute approximate surface area is 97.8 Å². The number of ether oxygens (including phenoxy) is 1. The van der Waals surface area contributed by atoms with Crippen molar-refractivity contribution in [3.8, 4) is 11.6 Å². The zero-order valence-electron chi connectivity index (χ0n) is 8.75. The van der Waals surface area contributed by atoms with Crippen LogP contribution in [-0.4, -0.2) is 16.5 Å². The van der Waals surface area contributed by atoms with Crippen LogP contribution in [0.4, 0.5) is 5.82 Å². The highest BCUT2D eigenvalue weighted by molar-refractivity contribution is 7.98. The Morgan fingerprint density at radius 2 is 1.94 bits per heavy atom. The molecule has 2 aromatic rings. The molecule has 2 N–H and O–H groups in total. The van der Waals surface area contributed by atoms with Gasteiger partial charge in [-0.25, -0.2) is 0 Å². The predicted octanol–water partition coefficient (Wildman–Crippen LogP) is 2.57. The molecule has 2 rings (SSSR count). The van der Waals surface area contributed by atoms with Crippen LogP contribution in [-0.2, 0) is 0 Å². The van der Waals surface area contributed by atoms with Crippen LogP contribution < -0.4 is 10.5 Å². The molecule has 0 unspecified atom stereocenters. The maximum atomic E-state index is 5.61. The molecule has 0 aliphatic heterocycles. The first kappa shape index (κ1) is 10.8. The van der Waals surface area contributed by atoms with Gasteiger partial charge < -0.3 is 10.5 Å². The van der Waals surface area contributed by atoms with Crippen molar-refractivity contribution in [3.63, 3.8) is 0 Å². The molecular formula is C11H11N3OS. The van der Waals surface area contributed by atoms with Gasteiger partial charge in [0.2, 0.25) is 5.88 Å². The minimum atomic E-state index is 0.380. The number of para-hydroxylation sites is 1. The summed E-state index contributed by atoms with van der Waals surface area (Å²) in [5.74, 6) is 1.59. The Hall–Kier alpha value is -1.75. The number of hydrogen-bond acceptors (Lipinski definition) is 5. The molecule has 0 atom stereocenters. The first-order valence-electron chi connectivity index (χ1n) is 4.69. The van der Waals surface area contributed by atoms with E-state index in [9.17, 15) is 0 Å². The molecule has 82 valence electrons. The van der Waals surface area contributed by atoms with E-state index in [1.165, 1.54) is 0 Å². The molecule has 0 bridgehead atoms. The second kappa shape index (κ2) is 4.85. The van der Waals surface area contributed by atoms with Gasteiger partial charge in [-0.2, -0.15) is 0 Å². The number of thioether (sulfide) groups is 1. The Morgan fingerprint density at radius 1 is 1.12 bits per heavy atom. The summed E-state index contributed by atoms with van der Waals surface area (Å²) in [6.07, 6.45) is 2.00. The molecule has 0 aliphatic carbocycles. The Morgan fingerprint density at radius 3 is 2.62 bits per heavy atom. The lowest BCUT2D eigenvalue weighted by molar-refractivity contribution is 0.445. The molecular weight excluding hydrogens is 222 g/mol. The van der Waals surface area contributed by atoms with E-state index >= 15 is 0 Å². The van der Waals surface area contributed by atoms with Gasteiger partial charge in [-0.05, 0) is 24.5 Å². The molecule has 16 heavy (non-hydrogen) atoms. The molecule has 0 aliphatic rings. The fraction of sp³-hybridized carbons (Fsp3) is 0.0909. The van der Waals surface area contributed by atoms with Crippen LogP contribution >= 0.6 is 11.8 Å². The van der Waals surface area contributed by atoms with Crippen LogP contribution in [0.5, 0.6) is 11.6 Å². The summed E-state index contributed by atoms with van der Waals surface area (Å²) < 4.78 is 5.61. The molecule has 0 fully saturated rings. The third-order valence-electron chi connectivity index (χ3n) is 1.94. The van der Waals surface area contributed by atoms with Crippen LogP contribution in [0.25, 0.3) is 0 Å². The summed E-state index contributed by atoms with van der Waals surface area (Å²) >= 11 is 1.62. The van der Waals surface area contributed by atoms with E-state index in [1.54, 1.807) is 23.9 Å². The zero-order valence-corrected chi connectivity index (χ0v) is 9.57. The van der Waals surface area contributed by atoms with Crippen LogP contribution in [0, 0.1) is 0 Å². The minimum absolute atomic E-state index is 0.380. The number of nitrogens with two attached hydrogens (primary N) is 1. The van der Waals surface area contributed by atoms with Gasteiger partial charge in [0.25, 0.3) is 0 Å². The topological polar surface area (TPSA) is 61.0 Å². The van der Waals surface area contributed by atoms with Gasteiger partial charge in [-0.3, -0.25) is 0 Å².